The maximum Gasteiger partial charge on any atom is 0.382 e. The van der Waals surface area contributed by atoms with Gasteiger partial charge in [0.05, 0.1) is 6.07 Å². The van der Waals surface area contributed by atoms with Crippen LogP contribution >= 0.6 is 23.9 Å². The molecule has 1 radical (unpaired) electrons. The fourth-order valence-electron chi connectivity index (χ4n) is 2.24. The molecule has 4 heterocycles. The highest BCUT2D eigenvalue weighted by Gasteiger charge is 2.33. The molecule has 0 aromatic carbocycles. The van der Waals surface area contributed by atoms with Gasteiger partial charge < -0.3 is 5.32 Å². The third-order valence-electron chi connectivity index (χ3n) is 3.20. The molecule has 3 aliphatic heterocycles. The number of aromatic nitrogens is 1. The van der Waals surface area contributed by atoms with Crippen molar-refractivity contribution < 1.29 is 0 Å². The van der Waals surface area contributed by atoms with Gasteiger partial charge in [-0.1, -0.05) is 6.08 Å². The summed E-state index contributed by atoms with van der Waals surface area (Å²) in [4.78, 5) is 4.27. The zero-order valence-electron chi connectivity index (χ0n) is 10.3. The second-order valence-corrected chi connectivity index (χ2v) is 6.08. The van der Waals surface area contributed by atoms with Gasteiger partial charge >= 0.3 is 5.49 Å². The normalized spacial score (nSPS) is 23.1. The van der Waals surface area contributed by atoms with Gasteiger partial charge in [-0.05, 0) is 35.1 Å². The van der Waals surface area contributed by atoms with Gasteiger partial charge in [-0.25, -0.2) is 0 Å². The Morgan fingerprint density at radius 2 is 2.50 bits per heavy atom. The number of hydrogen-bond donors (Lipinski definition) is 1. The van der Waals surface area contributed by atoms with Crippen molar-refractivity contribution in [1.29, 1.82) is 5.26 Å². The fraction of sp³-hybridized carbons (Fsp3) is 0.154. The molecule has 5 nitrogen and oxygen atoms in total. The Bertz CT molecular complexity index is 805. The highest BCUT2D eigenvalue weighted by molar-refractivity contribution is 8.07. The lowest BCUT2D eigenvalue weighted by Gasteiger charge is -2.23. The molecule has 0 spiro atoms. The lowest BCUT2D eigenvalue weighted by atomic mass is 10.1. The number of rotatable bonds is 1. The van der Waals surface area contributed by atoms with E-state index in [2.05, 4.69) is 25.1 Å². The zero-order valence-corrected chi connectivity index (χ0v) is 11.9. The van der Waals surface area contributed by atoms with Crippen molar-refractivity contribution >= 4 is 28.9 Å². The molecule has 1 unspecified atom stereocenters. The summed E-state index contributed by atoms with van der Waals surface area (Å²) in [7, 11) is 0. The summed E-state index contributed by atoms with van der Waals surface area (Å²) in [5.74, 6) is 1.90. The third-order valence-corrected chi connectivity index (χ3v) is 5.22. The van der Waals surface area contributed by atoms with Crippen molar-refractivity contribution in [3.63, 3.8) is 0 Å². The number of hydrogen-bond acceptors (Lipinski definition) is 7. The number of fused-ring (bicyclic) bond motifs is 1. The molecule has 0 amide bonds. The van der Waals surface area contributed by atoms with Crippen LogP contribution in [0.4, 0.5) is 0 Å². The van der Waals surface area contributed by atoms with Crippen molar-refractivity contribution in [3.8, 4) is 6.07 Å². The number of nitrogens with zero attached hydrogens (tertiary/aromatic N) is 4. The molecule has 97 valence electrons. The molecule has 1 aromatic heterocycles. The Hall–Kier alpha value is -1.91. The SMILES string of the molecule is N#CC1C=CC2=C(N1)N(C1=c3cccnc3=[N+]S1)SC2. The lowest BCUT2D eigenvalue weighted by molar-refractivity contribution is 0.648. The highest BCUT2D eigenvalue weighted by Crippen LogP contribution is 2.39. The molecule has 0 saturated heterocycles. The van der Waals surface area contributed by atoms with Gasteiger partial charge in [0, 0.05) is 15.7 Å². The van der Waals surface area contributed by atoms with Gasteiger partial charge in [-0.15, -0.1) is 0 Å². The average molecular weight is 299 g/mol. The second kappa shape index (κ2) is 4.58. The Balaban J connectivity index is 1.80. The number of allylic oxidation sites excluding steroid dienone is 1. The molecule has 20 heavy (non-hydrogen) atoms. The van der Waals surface area contributed by atoms with Gasteiger partial charge in [-0.2, -0.15) is 5.26 Å². The fourth-order valence-corrected chi connectivity index (χ4v) is 4.25. The number of nitrogens with one attached hydrogen (secondary N) is 1. The topological polar surface area (TPSA) is 66.1 Å². The van der Waals surface area contributed by atoms with Gasteiger partial charge in [0.15, 0.2) is 17.0 Å². The monoisotopic (exact) mass is 299 g/mol. The summed E-state index contributed by atoms with van der Waals surface area (Å²) < 4.78 is 6.51. The summed E-state index contributed by atoms with van der Waals surface area (Å²) in [6, 6.07) is 5.90. The minimum atomic E-state index is -0.271. The minimum absolute atomic E-state index is 0.271. The Labute approximate surface area is 124 Å². The van der Waals surface area contributed by atoms with E-state index < -0.39 is 0 Å². The molecule has 0 bridgehead atoms. The van der Waals surface area contributed by atoms with Gasteiger partial charge in [-0.3, -0.25) is 4.31 Å². The predicted octanol–water partition coefficient (Wildman–Crippen LogP) is -0.00852. The Kier molecular flexibility index (Phi) is 2.72. The second-order valence-electron chi connectivity index (χ2n) is 4.41. The molecule has 0 fully saturated rings. The molecular weight excluding hydrogens is 290 g/mol. The first-order valence-corrected chi connectivity index (χ1v) is 7.79. The summed E-state index contributed by atoms with van der Waals surface area (Å²) >= 11 is 3.15. The van der Waals surface area contributed by atoms with Crippen LogP contribution in [0.25, 0.3) is 5.03 Å². The first-order chi connectivity index (χ1) is 9.86. The van der Waals surface area contributed by atoms with E-state index in [-0.39, 0.29) is 6.04 Å². The summed E-state index contributed by atoms with van der Waals surface area (Å²) in [6.45, 7) is 0. The molecule has 1 N–H and O–H groups in total. The molecule has 3 aliphatic rings. The van der Waals surface area contributed by atoms with E-state index in [4.69, 9.17) is 5.26 Å². The Morgan fingerprint density at radius 3 is 3.40 bits per heavy atom. The van der Waals surface area contributed by atoms with E-state index in [9.17, 15) is 0 Å². The maximum absolute atomic E-state index is 9.07. The van der Waals surface area contributed by atoms with Gasteiger partial charge in [0.25, 0.3) is 0 Å². The van der Waals surface area contributed by atoms with E-state index in [0.717, 1.165) is 27.3 Å². The number of pyridine rings is 1. The Morgan fingerprint density at radius 1 is 1.55 bits per heavy atom. The van der Waals surface area contributed by atoms with Crippen LogP contribution in [0.1, 0.15) is 0 Å². The largest absolute Gasteiger partial charge is 0.382 e. The van der Waals surface area contributed by atoms with Crippen LogP contribution in [0, 0.1) is 11.3 Å². The third kappa shape index (κ3) is 1.72. The van der Waals surface area contributed by atoms with Crippen LogP contribution in [-0.2, 0) is 0 Å². The smallest absolute Gasteiger partial charge is 0.352 e. The van der Waals surface area contributed by atoms with Crippen LogP contribution in [0.2, 0.25) is 0 Å². The van der Waals surface area contributed by atoms with Crippen molar-refractivity contribution in [1.82, 2.24) is 19.0 Å². The molecule has 4 rings (SSSR count). The van der Waals surface area contributed by atoms with Crippen molar-refractivity contribution in [2.45, 2.75) is 6.04 Å². The first-order valence-electron chi connectivity index (χ1n) is 6.08. The molecule has 1 aromatic rings. The minimum Gasteiger partial charge on any atom is -0.352 e. The molecular formula is C13H9N5S2+. The predicted molar refractivity (Wildman–Crippen MR) is 78.7 cm³/mol. The molecule has 1 atom stereocenters. The average Bonchev–Trinajstić information content (AvgIpc) is 3.09. The van der Waals surface area contributed by atoms with Gasteiger partial charge in [0.2, 0.25) is 0 Å². The van der Waals surface area contributed by atoms with Crippen molar-refractivity contribution in [2.24, 2.45) is 0 Å². The van der Waals surface area contributed by atoms with E-state index in [1.54, 1.807) is 18.1 Å². The molecule has 0 aliphatic carbocycles. The standard InChI is InChI=1S/C13H9N5S2/c14-6-9-4-3-8-7-19-18(12(8)16-9)13-10-2-1-5-15-11(10)17-20-13/h1-5,9,16H,7H2/q+1. The quantitative estimate of drug-likeness (QED) is 0.736. The van der Waals surface area contributed by atoms with E-state index in [1.807, 2.05) is 24.3 Å². The highest BCUT2D eigenvalue weighted by atomic mass is 32.2. The van der Waals surface area contributed by atoms with Crippen molar-refractivity contribution in [3.05, 3.63) is 52.6 Å². The first kappa shape index (κ1) is 11.9. The number of dihydropyridines is 1. The molecule has 7 heteroatoms. The van der Waals surface area contributed by atoms with Crippen LogP contribution in [0.15, 0.2) is 41.9 Å². The van der Waals surface area contributed by atoms with E-state index in [1.165, 1.54) is 17.5 Å². The molecule has 0 saturated carbocycles. The van der Waals surface area contributed by atoms with Gasteiger partial charge in [0.1, 0.15) is 23.3 Å². The lowest BCUT2D eigenvalue weighted by Crippen LogP contribution is -2.35. The summed E-state index contributed by atoms with van der Waals surface area (Å²) in [5.41, 5.74) is 1.98. The van der Waals surface area contributed by atoms with E-state index in [0.29, 0.717) is 0 Å². The number of nitriles is 1. The van der Waals surface area contributed by atoms with Crippen LogP contribution in [-0.4, -0.2) is 21.1 Å². The zero-order chi connectivity index (χ0) is 13.5. The summed E-state index contributed by atoms with van der Waals surface area (Å²) in [5, 5.41) is 14.4. The van der Waals surface area contributed by atoms with Crippen LogP contribution in [0.3, 0.4) is 0 Å². The van der Waals surface area contributed by atoms with Crippen LogP contribution in [0.5, 0.6) is 0 Å². The summed E-state index contributed by atoms with van der Waals surface area (Å²) in [6.07, 6.45) is 5.68. The van der Waals surface area contributed by atoms with Crippen molar-refractivity contribution in [2.75, 3.05) is 5.75 Å². The maximum atomic E-state index is 9.07. The van der Waals surface area contributed by atoms with E-state index >= 15 is 0 Å². The van der Waals surface area contributed by atoms with Crippen LogP contribution < -0.4 is 20.4 Å².